The van der Waals surface area contributed by atoms with Gasteiger partial charge in [-0.2, -0.15) is 0 Å². The Kier molecular flexibility index (Phi) is 6.82. The zero-order chi connectivity index (χ0) is 25.3. The summed E-state index contributed by atoms with van der Waals surface area (Å²) in [5.41, 5.74) is 11.8. The third-order valence-corrected chi connectivity index (χ3v) is 6.31. The van der Waals surface area contributed by atoms with E-state index in [4.69, 9.17) is 15.7 Å². The van der Waals surface area contributed by atoms with E-state index in [-0.39, 0.29) is 11.9 Å². The van der Waals surface area contributed by atoms with Gasteiger partial charge in [0.15, 0.2) is 5.82 Å². The number of rotatable bonds is 8. The molecule has 0 radical (unpaired) electrons. The van der Waals surface area contributed by atoms with Gasteiger partial charge in [-0.05, 0) is 51.5 Å². The maximum atomic E-state index is 13.6. The van der Waals surface area contributed by atoms with Crippen LogP contribution in [0.4, 0.5) is 11.6 Å². The molecule has 9 heteroatoms. The maximum absolute atomic E-state index is 13.6. The van der Waals surface area contributed by atoms with Gasteiger partial charge < -0.3 is 15.2 Å². The third kappa shape index (κ3) is 4.48. The first kappa shape index (κ1) is 24.3. The van der Waals surface area contributed by atoms with Crippen molar-refractivity contribution in [3.05, 3.63) is 65.3 Å². The molecule has 9 nitrogen and oxygen atoms in total. The molecule has 0 bridgehead atoms. The largest absolute Gasteiger partial charge is 0.357 e. The molecule has 0 spiro atoms. The predicted octanol–water partition coefficient (Wildman–Crippen LogP) is 3.80. The van der Waals surface area contributed by atoms with E-state index in [1.54, 1.807) is 11.0 Å². The first-order valence-corrected chi connectivity index (χ1v) is 11.8. The lowest BCUT2D eigenvalue weighted by Crippen LogP contribution is -2.28. The van der Waals surface area contributed by atoms with Gasteiger partial charge in [0, 0.05) is 25.2 Å². The molecule has 3 aromatic heterocycles. The minimum Gasteiger partial charge on any atom is -0.357 e. The molecule has 0 fully saturated rings. The minimum absolute atomic E-state index is 0.132. The van der Waals surface area contributed by atoms with Crippen molar-refractivity contribution >= 4 is 17.5 Å². The van der Waals surface area contributed by atoms with Gasteiger partial charge in [-0.15, -0.1) is 15.9 Å². The van der Waals surface area contributed by atoms with Crippen LogP contribution >= 0.6 is 0 Å². The van der Waals surface area contributed by atoms with Crippen molar-refractivity contribution in [1.82, 2.24) is 24.7 Å². The highest BCUT2D eigenvalue weighted by molar-refractivity contribution is 6.10. The number of aromatic nitrogens is 5. The van der Waals surface area contributed by atoms with Crippen LogP contribution in [0.25, 0.3) is 11.5 Å². The average Bonchev–Trinajstić information content (AvgIpc) is 3.38. The number of carbonyl (C=O) groups excluding carboxylic acids is 1. The molecule has 0 saturated carbocycles. The van der Waals surface area contributed by atoms with Gasteiger partial charge in [-0.3, -0.25) is 9.69 Å². The molecule has 3 aromatic rings. The van der Waals surface area contributed by atoms with E-state index in [2.05, 4.69) is 43.3 Å². The van der Waals surface area contributed by atoms with Crippen molar-refractivity contribution in [3.63, 3.8) is 0 Å². The fourth-order valence-corrected chi connectivity index (χ4v) is 4.18. The molecular weight excluding hydrogens is 440 g/mol. The Morgan fingerprint density at radius 3 is 2.74 bits per heavy atom. The fraction of sp³-hybridized carbons (Fsp3) is 0.385. The molecule has 0 saturated heterocycles. The average molecular weight is 473 g/mol. The second-order valence-electron chi connectivity index (χ2n) is 8.99. The number of amides is 1. The van der Waals surface area contributed by atoms with Crippen LogP contribution in [-0.4, -0.2) is 43.7 Å². The van der Waals surface area contributed by atoms with Crippen LogP contribution in [0.3, 0.4) is 0 Å². The predicted molar refractivity (Wildman–Crippen MR) is 137 cm³/mol. The lowest BCUT2D eigenvalue weighted by molar-refractivity contribution is 0.0996. The zero-order valence-corrected chi connectivity index (χ0v) is 21.0. The van der Waals surface area contributed by atoms with Gasteiger partial charge in [0.25, 0.3) is 5.91 Å². The highest BCUT2D eigenvalue weighted by Gasteiger charge is 2.34. The van der Waals surface area contributed by atoms with Crippen LogP contribution in [0.2, 0.25) is 0 Å². The van der Waals surface area contributed by atoms with E-state index in [0.717, 1.165) is 24.4 Å². The smallest absolute Gasteiger partial charge is 0.260 e. The molecule has 35 heavy (non-hydrogen) atoms. The van der Waals surface area contributed by atoms with Crippen LogP contribution in [0, 0.1) is 6.92 Å². The standard InChI is InChI=1S/C26H32N8O/c1-7-10-20(27)24-19-15-34(26(35)18(19)14-23(29-24)32(6)16(3)4)22-12-9-11-21(28-22)25-31-30-17(5)33(25)13-8-2/h9-12,14,16,20H,1,8,13,15,27H2,2-6H3. The van der Waals surface area contributed by atoms with Crippen molar-refractivity contribution in [2.24, 2.45) is 5.73 Å². The summed E-state index contributed by atoms with van der Waals surface area (Å²) in [4.78, 5) is 26.9. The number of pyridine rings is 2. The first-order valence-electron chi connectivity index (χ1n) is 11.8. The van der Waals surface area contributed by atoms with E-state index >= 15 is 0 Å². The molecule has 1 aliphatic heterocycles. The highest BCUT2D eigenvalue weighted by Crippen LogP contribution is 2.34. The SMILES string of the molecule is C=C=CC(N)c1nc(N(C)C(C)C)cc2c1CN(c1cccc(-c3nnc(C)n3CCC)n1)C2=O. The third-order valence-electron chi connectivity index (χ3n) is 6.31. The fourth-order valence-electron chi connectivity index (χ4n) is 4.18. The molecule has 4 heterocycles. The minimum atomic E-state index is -0.524. The second kappa shape index (κ2) is 9.82. The highest BCUT2D eigenvalue weighted by atomic mass is 16.2. The van der Waals surface area contributed by atoms with E-state index in [1.165, 1.54) is 0 Å². The van der Waals surface area contributed by atoms with Gasteiger partial charge >= 0.3 is 0 Å². The number of hydrogen-bond acceptors (Lipinski definition) is 7. The molecular formula is C26H32N8O. The Bertz CT molecular complexity index is 1300. The summed E-state index contributed by atoms with van der Waals surface area (Å²) >= 11 is 0. The second-order valence-corrected chi connectivity index (χ2v) is 8.99. The van der Waals surface area contributed by atoms with Gasteiger partial charge in [-0.1, -0.05) is 19.6 Å². The van der Waals surface area contributed by atoms with Crippen molar-refractivity contribution in [2.75, 3.05) is 16.8 Å². The normalized spacial score (nSPS) is 13.7. The van der Waals surface area contributed by atoms with Crippen molar-refractivity contribution in [3.8, 4) is 11.5 Å². The van der Waals surface area contributed by atoms with Crippen LogP contribution in [0.15, 0.2) is 42.7 Å². The molecule has 1 amide bonds. The molecule has 4 rings (SSSR count). The molecule has 1 unspecified atom stereocenters. The van der Waals surface area contributed by atoms with Gasteiger partial charge in [0.2, 0.25) is 0 Å². The quantitative estimate of drug-likeness (QED) is 0.497. The molecule has 1 aliphatic rings. The van der Waals surface area contributed by atoms with Crippen LogP contribution in [0.5, 0.6) is 0 Å². The number of carbonyl (C=O) groups is 1. The van der Waals surface area contributed by atoms with Gasteiger partial charge in [-0.25, -0.2) is 9.97 Å². The molecule has 0 aliphatic carbocycles. The number of aryl methyl sites for hydroxylation is 1. The van der Waals surface area contributed by atoms with Gasteiger partial charge in [0.05, 0.1) is 23.8 Å². The molecule has 182 valence electrons. The summed E-state index contributed by atoms with van der Waals surface area (Å²) in [7, 11) is 1.95. The summed E-state index contributed by atoms with van der Waals surface area (Å²) in [6, 6.07) is 7.13. The summed E-state index contributed by atoms with van der Waals surface area (Å²) in [6.07, 6.45) is 2.62. The molecule has 2 N–H and O–H groups in total. The van der Waals surface area contributed by atoms with Crippen LogP contribution in [-0.2, 0) is 13.1 Å². The maximum Gasteiger partial charge on any atom is 0.260 e. The Morgan fingerprint density at radius 2 is 2.06 bits per heavy atom. The number of fused-ring (bicyclic) bond motifs is 1. The van der Waals surface area contributed by atoms with E-state index < -0.39 is 6.04 Å². The lowest BCUT2D eigenvalue weighted by atomic mass is 10.0. The molecule has 0 aromatic carbocycles. The van der Waals surface area contributed by atoms with Crippen molar-refractivity contribution in [1.29, 1.82) is 0 Å². The Morgan fingerprint density at radius 1 is 1.29 bits per heavy atom. The first-order chi connectivity index (χ1) is 16.8. The number of nitrogens with zero attached hydrogens (tertiary/aromatic N) is 7. The topological polar surface area (TPSA) is 106 Å². The zero-order valence-electron chi connectivity index (χ0n) is 21.0. The summed E-state index contributed by atoms with van der Waals surface area (Å²) in [5.74, 6) is 2.64. The van der Waals surface area contributed by atoms with Crippen molar-refractivity contribution < 1.29 is 4.79 Å². The molecule has 1 atom stereocenters. The summed E-state index contributed by atoms with van der Waals surface area (Å²) in [5, 5.41) is 8.56. The van der Waals surface area contributed by atoms with Crippen molar-refractivity contribution in [2.45, 2.75) is 59.3 Å². The van der Waals surface area contributed by atoms with Crippen LogP contribution < -0.4 is 15.5 Å². The van der Waals surface area contributed by atoms with E-state index in [1.807, 2.05) is 47.7 Å². The summed E-state index contributed by atoms with van der Waals surface area (Å²) in [6.45, 7) is 12.9. The summed E-state index contributed by atoms with van der Waals surface area (Å²) < 4.78 is 2.04. The Balaban J connectivity index is 1.77. The monoisotopic (exact) mass is 472 g/mol. The van der Waals surface area contributed by atoms with Crippen LogP contribution in [0.1, 0.15) is 60.7 Å². The number of anilines is 2. The van der Waals surface area contributed by atoms with E-state index in [0.29, 0.717) is 41.0 Å². The number of nitrogens with two attached hydrogens (primary N) is 1. The Labute approximate surface area is 206 Å². The van der Waals surface area contributed by atoms with Gasteiger partial charge in [0.1, 0.15) is 23.2 Å². The van der Waals surface area contributed by atoms with E-state index in [9.17, 15) is 4.79 Å². The Hall–Kier alpha value is -3.81. The lowest BCUT2D eigenvalue weighted by Gasteiger charge is -2.24. The number of hydrogen-bond donors (Lipinski definition) is 1.